The van der Waals surface area contributed by atoms with Crippen LogP contribution >= 0.6 is 0 Å². The second kappa shape index (κ2) is 5.46. The Morgan fingerprint density at radius 1 is 0.952 bits per heavy atom. The van der Waals surface area contributed by atoms with Crippen LogP contribution in [0.15, 0.2) is 36.4 Å². The standard InChI is InChI=1S/C16H26N2OSi2/c1-20(2,3)15-12-16(21(4,5)6)18(19)17(15)13-14-10-8-7-9-11-14/h7-12H,13H2,1-6H3. The number of nitrogens with zero attached hydrogens (tertiary/aromatic N) is 2. The molecule has 0 aliphatic carbocycles. The third-order valence-electron chi connectivity index (χ3n) is 3.69. The fourth-order valence-corrected chi connectivity index (χ4v) is 5.42. The van der Waals surface area contributed by atoms with Crippen molar-refractivity contribution >= 4 is 26.8 Å². The van der Waals surface area contributed by atoms with E-state index in [1.54, 1.807) is 0 Å². The third kappa shape index (κ3) is 3.47. The van der Waals surface area contributed by atoms with Gasteiger partial charge in [-0.3, -0.25) is 0 Å². The highest BCUT2D eigenvalue weighted by molar-refractivity contribution is 6.90. The molecule has 0 fully saturated rings. The van der Waals surface area contributed by atoms with Crippen molar-refractivity contribution in [2.24, 2.45) is 0 Å². The molecule has 3 nitrogen and oxygen atoms in total. The lowest BCUT2D eigenvalue weighted by Crippen LogP contribution is -2.61. The van der Waals surface area contributed by atoms with Crippen LogP contribution in [0.4, 0.5) is 0 Å². The van der Waals surface area contributed by atoms with E-state index in [4.69, 9.17) is 0 Å². The van der Waals surface area contributed by atoms with Gasteiger partial charge in [0.25, 0.3) is 0 Å². The summed E-state index contributed by atoms with van der Waals surface area (Å²) >= 11 is 0. The third-order valence-corrected chi connectivity index (χ3v) is 7.50. The van der Waals surface area contributed by atoms with E-state index in [0.717, 1.165) is 5.32 Å². The highest BCUT2D eigenvalue weighted by Gasteiger charge is 2.35. The molecule has 0 bridgehead atoms. The van der Waals surface area contributed by atoms with Gasteiger partial charge in [-0.1, -0.05) is 74.5 Å². The van der Waals surface area contributed by atoms with Gasteiger partial charge in [0.2, 0.25) is 0 Å². The average molecular weight is 319 g/mol. The molecular weight excluding hydrogens is 292 g/mol. The molecule has 1 aromatic heterocycles. The molecule has 1 aromatic carbocycles. The van der Waals surface area contributed by atoms with E-state index in [9.17, 15) is 5.21 Å². The quantitative estimate of drug-likeness (QED) is 0.483. The highest BCUT2D eigenvalue weighted by atomic mass is 28.3. The van der Waals surface area contributed by atoms with Crippen LogP contribution in [-0.4, -0.2) is 20.8 Å². The zero-order valence-corrected chi connectivity index (χ0v) is 16.0. The van der Waals surface area contributed by atoms with E-state index in [0.29, 0.717) is 6.54 Å². The molecule has 0 spiro atoms. The summed E-state index contributed by atoms with van der Waals surface area (Å²) in [6.45, 7) is 14.3. The van der Waals surface area contributed by atoms with Crippen molar-refractivity contribution in [2.45, 2.75) is 45.8 Å². The molecular formula is C16H26N2OSi2. The minimum absolute atomic E-state index is 0.661. The summed E-state index contributed by atoms with van der Waals surface area (Å²) in [5.41, 5.74) is 1.18. The van der Waals surface area contributed by atoms with Gasteiger partial charge in [0, 0.05) is 6.07 Å². The molecule has 0 unspecified atom stereocenters. The van der Waals surface area contributed by atoms with Crippen molar-refractivity contribution in [3.63, 3.8) is 0 Å². The van der Waals surface area contributed by atoms with Gasteiger partial charge in [-0.15, -0.1) is 4.68 Å². The first-order valence-corrected chi connectivity index (χ1v) is 14.5. The van der Waals surface area contributed by atoms with E-state index in [1.165, 1.54) is 15.7 Å². The van der Waals surface area contributed by atoms with Crippen LogP contribution < -0.4 is 15.5 Å². The molecule has 2 rings (SSSR count). The highest BCUT2D eigenvalue weighted by Crippen LogP contribution is 2.07. The van der Waals surface area contributed by atoms with Gasteiger partial charge in [0.15, 0.2) is 13.4 Å². The van der Waals surface area contributed by atoms with Crippen LogP contribution in [-0.2, 0) is 6.54 Å². The lowest BCUT2D eigenvalue weighted by molar-refractivity contribution is -0.676. The van der Waals surface area contributed by atoms with Gasteiger partial charge in [0.1, 0.15) is 14.6 Å². The lowest BCUT2D eigenvalue weighted by Gasteiger charge is -2.17. The summed E-state index contributed by atoms with van der Waals surface area (Å²) in [7, 11) is -3.19. The summed E-state index contributed by atoms with van der Waals surface area (Å²) in [6.07, 6.45) is 0. The summed E-state index contributed by atoms with van der Waals surface area (Å²) in [4.78, 5) is 1.17. The number of aromatic nitrogens is 2. The first-order valence-electron chi connectivity index (χ1n) is 7.49. The Balaban J connectivity index is 2.55. The number of hydrogen-bond donors (Lipinski definition) is 0. The van der Waals surface area contributed by atoms with Gasteiger partial charge in [-0.2, -0.15) is 0 Å². The van der Waals surface area contributed by atoms with Crippen molar-refractivity contribution in [3.05, 3.63) is 47.2 Å². The van der Waals surface area contributed by atoms with Crippen LogP contribution in [0.1, 0.15) is 5.56 Å². The Morgan fingerprint density at radius 3 is 2.00 bits per heavy atom. The molecule has 0 N–H and O–H groups in total. The smallest absolute Gasteiger partial charge is 0.191 e. The van der Waals surface area contributed by atoms with E-state index < -0.39 is 16.1 Å². The fraction of sp³-hybridized carbons (Fsp3) is 0.438. The monoisotopic (exact) mass is 318 g/mol. The maximum Gasteiger partial charge on any atom is 0.191 e. The molecule has 0 amide bonds. The van der Waals surface area contributed by atoms with Crippen LogP contribution in [0.5, 0.6) is 0 Å². The lowest BCUT2D eigenvalue weighted by atomic mass is 10.2. The topological polar surface area (TPSA) is 31.9 Å². The second-order valence-electron chi connectivity index (χ2n) is 7.73. The molecule has 0 atom stereocenters. The maximum absolute atomic E-state index is 12.8. The minimum Gasteiger partial charge on any atom is -0.596 e. The van der Waals surface area contributed by atoms with Gasteiger partial charge < -0.3 is 5.21 Å². The summed E-state index contributed by atoms with van der Waals surface area (Å²) < 4.78 is 1.95. The number of hydrogen-bond acceptors (Lipinski definition) is 1. The second-order valence-corrected chi connectivity index (χ2v) is 17.8. The Morgan fingerprint density at radius 2 is 1.52 bits per heavy atom. The van der Waals surface area contributed by atoms with Gasteiger partial charge in [-0.25, -0.2) is 0 Å². The molecule has 2 aromatic rings. The number of rotatable bonds is 4. The van der Waals surface area contributed by atoms with Crippen LogP contribution in [0.2, 0.25) is 39.3 Å². The average Bonchev–Trinajstić information content (AvgIpc) is 2.68. The maximum atomic E-state index is 12.8. The van der Waals surface area contributed by atoms with Crippen molar-refractivity contribution in [2.75, 3.05) is 0 Å². The van der Waals surface area contributed by atoms with E-state index in [-0.39, 0.29) is 0 Å². The van der Waals surface area contributed by atoms with Crippen molar-refractivity contribution in [1.82, 2.24) is 4.68 Å². The SMILES string of the molecule is C[Si](C)(C)c1cc([Si](C)(C)C)[n+]([O-])n1Cc1ccccc1. The molecule has 0 saturated carbocycles. The van der Waals surface area contributed by atoms with Crippen molar-refractivity contribution < 1.29 is 4.85 Å². The van der Waals surface area contributed by atoms with Gasteiger partial charge in [0.05, 0.1) is 5.32 Å². The summed E-state index contributed by atoms with van der Waals surface area (Å²) in [6, 6.07) is 12.4. The largest absolute Gasteiger partial charge is 0.596 e. The normalized spacial score (nSPS) is 12.7. The van der Waals surface area contributed by atoms with Gasteiger partial charge >= 0.3 is 0 Å². The van der Waals surface area contributed by atoms with Crippen molar-refractivity contribution in [1.29, 1.82) is 0 Å². The molecule has 0 radical (unpaired) electrons. The molecule has 1 heterocycles. The minimum atomic E-state index is -1.63. The van der Waals surface area contributed by atoms with Crippen LogP contribution in [0.25, 0.3) is 0 Å². The Hall–Kier alpha value is -1.34. The van der Waals surface area contributed by atoms with Gasteiger partial charge in [-0.05, 0) is 5.56 Å². The summed E-state index contributed by atoms with van der Waals surface area (Å²) in [5.74, 6) is 0. The van der Waals surface area contributed by atoms with E-state index in [2.05, 4.69) is 57.5 Å². The van der Waals surface area contributed by atoms with Crippen molar-refractivity contribution in [3.8, 4) is 0 Å². The Kier molecular flexibility index (Phi) is 4.17. The first-order chi connectivity index (χ1) is 9.60. The molecule has 21 heavy (non-hydrogen) atoms. The number of benzene rings is 1. The Bertz CT molecular complexity index is 622. The predicted molar refractivity (Wildman–Crippen MR) is 94.9 cm³/mol. The van der Waals surface area contributed by atoms with Crippen LogP contribution in [0.3, 0.4) is 0 Å². The summed E-state index contributed by atoms with van der Waals surface area (Å²) in [5, 5.41) is 15.1. The Labute approximate surface area is 129 Å². The zero-order valence-electron chi connectivity index (χ0n) is 14.0. The fourth-order valence-electron chi connectivity index (χ4n) is 2.50. The van der Waals surface area contributed by atoms with E-state index in [1.807, 2.05) is 22.9 Å². The van der Waals surface area contributed by atoms with E-state index >= 15 is 0 Å². The predicted octanol–water partition coefficient (Wildman–Crippen LogP) is 2.26. The van der Waals surface area contributed by atoms with Crippen LogP contribution in [0, 0.1) is 5.21 Å². The molecule has 0 aliphatic heterocycles. The molecule has 0 saturated heterocycles. The first kappa shape index (κ1) is 16.0. The molecule has 0 aliphatic rings. The zero-order chi connectivity index (χ0) is 15.8. The molecule has 114 valence electrons. The molecule has 5 heteroatoms.